The lowest BCUT2D eigenvalue weighted by molar-refractivity contribution is 0.212. The maximum atomic E-state index is 3.88. The topological polar surface area (TPSA) is 15.3 Å². The quantitative estimate of drug-likeness (QED) is 0.879. The highest BCUT2D eigenvalue weighted by atomic mass is 15.2. The summed E-state index contributed by atoms with van der Waals surface area (Å²) in [5, 5.41) is 3.88. The van der Waals surface area contributed by atoms with Gasteiger partial charge in [-0.15, -0.1) is 0 Å². The molecule has 2 aliphatic heterocycles. The minimum atomic E-state index is 0.475. The lowest BCUT2D eigenvalue weighted by Gasteiger charge is -2.33. The Labute approximate surface area is 110 Å². The van der Waals surface area contributed by atoms with E-state index in [4.69, 9.17) is 0 Å². The van der Waals surface area contributed by atoms with Crippen LogP contribution in [0.15, 0.2) is 24.3 Å². The third-order valence-corrected chi connectivity index (χ3v) is 4.75. The first-order valence-electron chi connectivity index (χ1n) is 7.28. The molecule has 1 aromatic rings. The Hall–Kier alpha value is -0.860. The Kier molecular flexibility index (Phi) is 3.40. The standard InChI is InChI=1S/C16H24N2/c1-12-5-3-4-6-15(12)13(2)17-16-8-10-18-9-7-14(16)11-18/h3-6,13-14,16-17H,7-11H2,1-2H3/t13-,14?,16?/m1/s1. The molecule has 0 saturated carbocycles. The van der Waals surface area contributed by atoms with Crippen molar-refractivity contribution in [2.24, 2.45) is 5.92 Å². The Balaban J connectivity index is 1.67. The van der Waals surface area contributed by atoms with Crippen LogP contribution in [-0.2, 0) is 0 Å². The van der Waals surface area contributed by atoms with Crippen LogP contribution in [-0.4, -0.2) is 30.6 Å². The lowest BCUT2D eigenvalue weighted by atomic mass is 9.92. The highest BCUT2D eigenvalue weighted by Crippen LogP contribution is 2.29. The zero-order chi connectivity index (χ0) is 12.5. The van der Waals surface area contributed by atoms with Crippen molar-refractivity contribution in [1.82, 2.24) is 10.2 Å². The molecular formula is C16H24N2. The fourth-order valence-corrected chi connectivity index (χ4v) is 3.65. The van der Waals surface area contributed by atoms with Crippen LogP contribution >= 0.6 is 0 Å². The SMILES string of the molecule is Cc1ccccc1[C@@H](C)NC1CCN2CCC1C2. The van der Waals surface area contributed by atoms with Crippen LogP contribution in [0.25, 0.3) is 0 Å². The Morgan fingerprint density at radius 1 is 1.22 bits per heavy atom. The van der Waals surface area contributed by atoms with Crippen LogP contribution in [0.4, 0.5) is 0 Å². The molecule has 18 heavy (non-hydrogen) atoms. The van der Waals surface area contributed by atoms with Crippen LogP contribution in [0.3, 0.4) is 0 Å². The number of nitrogens with one attached hydrogen (secondary N) is 1. The number of piperidine rings is 1. The summed E-state index contributed by atoms with van der Waals surface area (Å²) in [5.41, 5.74) is 2.86. The summed E-state index contributed by atoms with van der Waals surface area (Å²) in [7, 11) is 0. The summed E-state index contributed by atoms with van der Waals surface area (Å²) < 4.78 is 0. The second-order valence-corrected chi connectivity index (χ2v) is 5.99. The second kappa shape index (κ2) is 5.02. The number of hydrogen-bond donors (Lipinski definition) is 1. The van der Waals surface area contributed by atoms with Gasteiger partial charge in [-0.05, 0) is 56.8 Å². The van der Waals surface area contributed by atoms with Crippen molar-refractivity contribution in [3.63, 3.8) is 0 Å². The van der Waals surface area contributed by atoms with Crippen molar-refractivity contribution in [2.45, 2.75) is 38.8 Å². The van der Waals surface area contributed by atoms with Gasteiger partial charge in [0.2, 0.25) is 0 Å². The van der Waals surface area contributed by atoms with Crippen molar-refractivity contribution in [1.29, 1.82) is 0 Å². The zero-order valence-electron chi connectivity index (χ0n) is 11.5. The van der Waals surface area contributed by atoms with Crippen molar-refractivity contribution >= 4 is 0 Å². The van der Waals surface area contributed by atoms with E-state index in [1.807, 2.05) is 0 Å². The number of benzene rings is 1. The van der Waals surface area contributed by atoms with E-state index in [9.17, 15) is 0 Å². The summed E-state index contributed by atoms with van der Waals surface area (Å²) in [6, 6.07) is 9.95. The number of aryl methyl sites for hydroxylation is 1. The monoisotopic (exact) mass is 244 g/mol. The van der Waals surface area contributed by atoms with Gasteiger partial charge >= 0.3 is 0 Å². The molecule has 2 bridgehead atoms. The van der Waals surface area contributed by atoms with Gasteiger partial charge in [0.05, 0.1) is 0 Å². The van der Waals surface area contributed by atoms with Gasteiger partial charge in [0.15, 0.2) is 0 Å². The molecule has 0 aromatic heterocycles. The molecular weight excluding hydrogens is 220 g/mol. The van der Waals surface area contributed by atoms with Gasteiger partial charge in [-0.3, -0.25) is 0 Å². The van der Waals surface area contributed by atoms with Gasteiger partial charge in [0.25, 0.3) is 0 Å². The average molecular weight is 244 g/mol. The van der Waals surface area contributed by atoms with Crippen molar-refractivity contribution in [3.05, 3.63) is 35.4 Å². The van der Waals surface area contributed by atoms with Crippen molar-refractivity contribution in [2.75, 3.05) is 19.6 Å². The summed E-state index contributed by atoms with van der Waals surface area (Å²) in [6.45, 7) is 8.45. The van der Waals surface area contributed by atoms with E-state index >= 15 is 0 Å². The first kappa shape index (κ1) is 12.2. The molecule has 2 heteroatoms. The van der Waals surface area contributed by atoms with E-state index < -0.39 is 0 Å². The van der Waals surface area contributed by atoms with Crippen LogP contribution in [0.5, 0.6) is 0 Å². The van der Waals surface area contributed by atoms with E-state index in [0.717, 1.165) is 12.0 Å². The largest absolute Gasteiger partial charge is 0.307 e. The molecule has 1 aromatic carbocycles. The Morgan fingerprint density at radius 3 is 2.83 bits per heavy atom. The Morgan fingerprint density at radius 2 is 2.00 bits per heavy atom. The number of nitrogens with zero attached hydrogens (tertiary/aromatic N) is 1. The molecule has 98 valence electrons. The van der Waals surface area contributed by atoms with Crippen LogP contribution in [0.1, 0.15) is 36.9 Å². The van der Waals surface area contributed by atoms with Crippen molar-refractivity contribution < 1.29 is 0 Å². The number of fused-ring (bicyclic) bond motifs is 2. The minimum Gasteiger partial charge on any atom is -0.307 e. The molecule has 0 amide bonds. The Bertz CT molecular complexity index is 415. The molecule has 3 unspecified atom stereocenters. The fraction of sp³-hybridized carbons (Fsp3) is 0.625. The zero-order valence-corrected chi connectivity index (χ0v) is 11.5. The first-order chi connectivity index (χ1) is 8.74. The minimum absolute atomic E-state index is 0.475. The second-order valence-electron chi connectivity index (χ2n) is 5.99. The van der Waals surface area contributed by atoms with Crippen LogP contribution in [0.2, 0.25) is 0 Å². The molecule has 0 aliphatic carbocycles. The van der Waals surface area contributed by atoms with Gasteiger partial charge in [-0.25, -0.2) is 0 Å². The predicted octanol–water partition coefficient (Wildman–Crippen LogP) is 2.74. The molecule has 2 nitrogen and oxygen atoms in total. The molecule has 3 rings (SSSR count). The highest BCUT2D eigenvalue weighted by molar-refractivity contribution is 5.28. The maximum Gasteiger partial charge on any atom is 0.0297 e. The number of rotatable bonds is 3. The van der Waals surface area contributed by atoms with Gasteiger partial charge < -0.3 is 10.2 Å². The fourth-order valence-electron chi connectivity index (χ4n) is 3.65. The van der Waals surface area contributed by atoms with E-state index in [1.54, 1.807) is 0 Å². The van der Waals surface area contributed by atoms with Crippen LogP contribution in [0, 0.1) is 12.8 Å². The number of hydrogen-bond acceptors (Lipinski definition) is 2. The average Bonchev–Trinajstić information content (AvgIpc) is 2.76. The van der Waals surface area contributed by atoms with Crippen molar-refractivity contribution in [3.8, 4) is 0 Å². The molecule has 2 fully saturated rings. The van der Waals surface area contributed by atoms with Gasteiger partial charge in [0, 0.05) is 18.6 Å². The third kappa shape index (κ3) is 2.32. The molecule has 2 aliphatic rings. The van der Waals surface area contributed by atoms with E-state index in [0.29, 0.717) is 6.04 Å². The lowest BCUT2D eigenvalue weighted by Crippen LogP contribution is -2.44. The maximum absolute atomic E-state index is 3.88. The summed E-state index contributed by atoms with van der Waals surface area (Å²) in [6.07, 6.45) is 2.71. The summed E-state index contributed by atoms with van der Waals surface area (Å²) >= 11 is 0. The normalized spacial score (nSPS) is 32.4. The third-order valence-electron chi connectivity index (χ3n) is 4.75. The molecule has 2 heterocycles. The van der Waals surface area contributed by atoms with Crippen LogP contribution < -0.4 is 5.32 Å². The molecule has 0 radical (unpaired) electrons. The van der Waals surface area contributed by atoms with Gasteiger partial charge in [0.1, 0.15) is 0 Å². The van der Waals surface area contributed by atoms with E-state index in [1.165, 1.54) is 43.6 Å². The smallest absolute Gasteiger partial charge is 0.0297 e. The van der Waals surface area contributed by atoms with E-state index in [-0.39, 0.29) is 0 Å². The molecule has 2 saturated heterocycles. The summed E-state index contributed by atoms with van der Waals surface area (Å²) in [5.74, 6) is 0.880. The first-order valence-corrected chi connectivity index (χ1v) is 7.28. The summed E-state index contributed by atoms with van der Waals surface area (Å²) in [4.78, 5) is 2.61. The van der Waals surface area contributed by atoms with Gasteiger partial charge in [-0.2, -0.15) is 0 Å². The molecule has 0 spiro atoms. The highest BCUT2D eigenvalue weighted by Gasteiger charge is 2.34. The van der Waals surface area contributed by atoms with E-state index in [2.05, 4.69) is 48.3 Å². The molecule has 4 atom stereocenters. The molecule has 1 N–H and O–H groups in total. The predicted molar refractivity (Wildman–Crippen MR) is 75.7 cm³/mol. The van der Waals surface area contributed by atoms with Gasteiger partial charge in [-0.1, -0.05) is 24.3 Å².